The van der Waals surface area contributed by atoms with Crippen LogP contribution in [0.5, 0.6) is 0 Å². The van der Waals surface area contributed by atoms with Crippen molar-refractivity contribution in [1.82, 2.24) is 0 Å². The van der Waals surface area contributed by atoms with Gasteiger partial charge in [-0.25, -0.2) is 0 Å². The average molecular weight is 535 g/mol. The van der Waals surface area contributed by atoms with Crippen LogP contribution in [0.1, 0.15) is 73.6 Å². The molecule has 0 aromatic carbocycles. The van der Waals surface area contributed by atoms with Gasteiger partial charge < -0.3 is 14.6 Å². The number of Topliss-reactive ketones (excluding diaryl/α,β-unsaturated/α-hetero) is 1. The summed E-state index contributed by atoms with van der Waals surface area (Å²) in [5, 5.41) is 11.9. The molecule has 4 rings (SSSR count). The Morgan fingerprint density at radius 3 is 2.46 bits per heavy atom. The summed E-state index contributed by atoms with van der Waals surface area (Å²) < 4.78 is 11.3. The molecule has 4 aliphatic rings. The lowest BCUT2D eigenvalue weighted by Gasteiger charge is -2.65. The highest BCUT2D eigenvalue weighted by Gasteiger charge is 2.76. The number of esters is 2. The molecule has 3 unspecified atom stereocenters. The molecule has 3 saturated carbocycles. The monoisotopic (exact) mass is 534 g/mol. The molecule has 37 heavy (non-hydrogen) atoms. The lowest BCUT2D eigenvalue weighted by Crippen LogP contribution is -2.70. The van der Waals surface area contributed by atoms with Gasteiger partial charge in [0, 0.05) is 30.1 Å². The van der Waals surface area contributed by atoms with Crippen molar-refractivity contribution in [3.63, 3.8) is 0 Å². The van der Waals surface area contributed by atoms with Gasteiger partial charge in [-0.3, -0.25) is 19.2 Å². The number of hydrogen-bond donors (Lipinski definition) is 1. The van der Waals surface area contributed by atoms with Crippen LogP contribution in [0.15, 0.2) is 23.8 Å². The summed E-state index contributed by atoms with van der Waals surface area (Å²) >= 11 is 7.55. The van der Waals surface area contributed by atoms with Crippen LogP contribution in [0.25, 0.3) is 0 Å². The second-order valence-corrected chi connectivity index (χ2v) is 12.7. The van der Waals surface area contributed by atoms with E-state index in [9.17, 15) is 24.3 Å². The number of alkyl halides is 1. The van der Waals surface area contributed by atoms with Crippen molar-refractivity contribution in [3.8, 4) is 0 Å². The number of fused-ring (bicyclic) bond motifs is 5. The van der Waals surface area contributed by atoms with Crippen LogP contribution in [-0.4, -0.2) is 51.8 Å². The number of carbonyl (C=O) groups is 4. The molecule has 8 heteroatoms. The molecule has 3 fully saturated rings. The van der Waals surface area contributed by atoms with Crippen LogP contribution in [0.2, 0.25) is 0 Å². The fraction of sp³-hybridized carbons (Fsp3) is 0.724. The Bertz CT molecular complexity index is 1080. The molecular weight excluding hydrogens is 496 g/mol. The Kier molecular flexibility index (Phi) is 7.07. The molecule has 0 saturated heterocycles. The van der Waals surface area contributed by atoms with Gasteiger partial charge in [-0.1, -0.05) is 46.3 Å². The molecule has 4 aliphatic carbocycles. The smallest absolute Gasteiger partial charge is 0.306 e. The van der Waals surface area contributed by atoms with E-state index in [4.69, 9.17) is 21.1 Å². The summed E-state index contributed by atoms with van der Waals surface area (Å²) in [7, 11) is 0. The molecular formula is C29H39ClO7. The van der Waals surface area contributed by atoms with E-state index < -0.39 is 51.7 Å². The molecule has 0 aliphatic heterocycles. The maximum Gasteiger partial charge on any atom is 0.306 e. The van der Waals surface area contributed by atoms with Crippen molar-refractivity contribution >= 4 is 35.1 Å². The average Bonchev–Trinajstić information content (AvgIpc) is 3.03. The lowest BCUT2D eigenvalue weighted by molar-refractivity contribution is -0.204. The number of aliphatic hydroxyl groups excluding tert-OH is 1. The van der Waals surface area contributed by atoms with Crippen LogP contribution in [-0.2, 0) is 28.7 Å². The number of carbonyl (C=O) groups excluding carboxylic acids is 4. The van der Waals surface area contributed by atoms with Gasteiger partial charge in [0.05, 0.1) is 11.0 Å². The number of hydrogen-bond acceptors (Lipinski definition) is 7. The fourth-order valence-corrected chi connectivity index (χ4v) is 8.99. The molecule has 204 valence electrons. The van der Waals surface area contributed by atoms with E-state index in [1.165, 1.54) is 13.0 Å². The number of allylic oxidation sites excluding steroid dienone is 4. The number of rotatable bonds is 6. The summed E-state index contributed by atoms with van der Waals surface area (Å²) in [6.07, 6.45) is 6.03. The largest absolute Gasteiger partial charge is 0.458 e. The van der Waals surface area contributed by atoms with Crippen molar-refractivity contribution < 1.29 is 33.8 Å². The molecule has 0 bridgehead atoms. The normalized spacial score (nSPS) is 44.3. The first-order valence-electron chi connectivity index (χ1n) is 13.4. The Morgan fingerprint density at radius 1 is 1.16 bits per heavy atom. The summed E-state index contributed by atoms with van der Waals surface area (Å²) in [5.74, 6) is -2.31. The highest BCUT2D eigenvalue weighted by atomic mass is 35.5. The van der Waals surface area contributed by atoms with Gasteiger partial charge in [0.25, 0.3) is 0 Å². The summed E-state index contributed by atoms with van der Waals surface area (Å²) in [6.45, 7) is 10.5. The predicted octanol–water partition coefficient (Wildman–Crippen LogP) is 4.33. The third-order valence-electron chi connectivity index (χ3n) is 10.1. The Balaban J connectivity index is 1.84. The van der Waals surface area contributed by atoms with E-state index in [2.05, 4.69) is 6.92 Å². The summed E-state index contributed by atoms with van der Waals surface area (Å²) in [5.41, 5.74) is -2.31. The molecule has 0 aromatic rings. The van der Waals surface area contributed by atoms with Gasteiger partial charge >= 0.3 is 11.9 Å². The minimum atomic E-state index is -1.56. The molecule has 9 atom stereocenters. The fourth-order valence-electron chi connectivity index (χ4n) is 8.50. The van der Waals surface area contributed by atoms with Crippen LogP contribution in [0.3, 0.4) is 0 Å². The zero-order valence-corrected chi connectivity index (χ0v) is 23.4. The third-order valence-corrected chi connectivity index (χ3v) is 11.0. The SMILES string of the molecule is CCCC(=O)O[C@]1(C(=O)COC(C)=O)C(C)C[C@H]2[C@@H]3CC(C)C4=CC(=O)C=C[C@]4(C)[C@@]3(Cl)C(O)C[C@@]21C. The molecule has 0 radical (unpaired) electrons. The second kappa shape index (κ2) is 9.33. The number of aliphatic hydroxyl groups is 1. The van der Waals surface area contributed by atoms with E-state index in [1.54, 1.807) is 6.08 Å². The van der Waals surface area contributed by atoms with Gasteiger partial charge in [-0.05, 0) is 55.6 Å². The van der Waals surface area contributed by atoms with Gasteiger partial charge in [-0.15, -0.1) is 11.6 Å². The first-order valence-corrected chi connectivity index (χ1v) is 13.8. The molecule has 1 N–H and O–H groups in total. The van der Waals surface area contributed by atoms with E-state index in [0.717, 1.165) is 5.57 Å². The summed E-state index contributed by atoms with van der Waals surface area (Å²) in [4.78, 5) is 49.6. The first-order chi connectivity index (χ1) is 17.2. The van der Waals surface area contributed by atoms with E-state index in [1.807, 2.05) is 33.8 Å². The van der Waals surface area contributed by atoms with Crippen LogP contribution < -0.4 is 0 Å². The van der Waals surface area contributed by atoms with Crippen molar-refractivity contribution in [2.24, 2.45) is 34.5 Å². The zero-order valence-electron chi connectivity index (χ0n) is 22.6. The molecule has 0 aromatic heterocycles. The van der Waals surface area contributed by atoms with E-state index in [-0.39, 0.29) is 42.3 Å². The molecule has 0 amide bonds. The minimum absolute atomic E-state index is 0.0371. The number of halogens is 1. The maximum absolute atomic E-state index is 13.9. The van der Waals surface area contributed by atoms with Crippen molar-refractivity contribution in [2.75, 3.05) is 6.61 Å². The van der Waals surface area contributed by atoms with E-state index in [0.29, 0.717) is 19.3 Å². The zero-order chi connectivity index (χ0) is 27.6. The Morgan fingerprint density at radius 2 is 1.84 bits per heavy atom. The topological polar surface area (TPSA) is 107 Å². The highest BCUT2D eigenvalue weighted by Crippen LogP contribution is 2.72. The summed E-state index contributed by atoms with van der Waals surface area (Å²) in [6, 6.07) is 0. The molecule has 0 spiro atoms. The van der Waals surface area contributed by atoms with Crippen molar-refractivity contribution in [2.45, 2.75) is 90.2 Å². The number of ketones is 2. The van der Waals surface area contributed by atoms with E-state index >= 15 is 0 Å². The van der Waals surface area contributed by atoms with Gasteiger partial charge in [0.2, 0.25) is 5.78 Å². The van der Waals surface area contributed by atoms with Gasteiger partial charge in [0.15, 0.2) is 18.0 Å². The van der Waals surface area contributed by atoms with Crippen LogP contribution >= 0.6 is 11.6 Å². The predicted molar refractivity (Wildman–Crippen MR) is 138 cm³/mol. The van der Waals surface area contributed by atoms with Gasteiger partial charge in [-0.2, -0.15) is 0 Å². The van der Waals surface area contributed by atoms with Crippen molar-refractivity contribution in [3.05, 3.63) is 23.8 Å². The standard InChI is InChI=1S/C29H39ClO7/c1-7-8-25(35)37-29(24(34)15-36-18(4)31)17(3)12-21-22-11-16(2)20-13-19(32)9-10-26(20,5)28(22,30)23(33)14-27(21,29)6/h9-10,13,16-17,21-23,33H,7-8,11-12,14-15H2,1-6H3/t16?,17?,21-,22-,23?,26-,27-,28-,29-/m0/s1. The lowest BCUT2D eigenvalue weighted by atomic mass is 9.44. The molecule has 7 nitrogen and oxygen atoms in total. The number of ether oxygens (including phenoxy) is 2. The third kappa shape index (κ3) is 3.78. The van der Waals surface area contributed by atoms with Gasteiger partial charge in [0.1, 0.15) is 0 Å². The van der Waals surface area contributed by atoms with Crippen LogP contribution in [0.4, 0.5) is 0 Å². The Labute approximate surface area is 224 Å². The van der Waals surface area contributed by atoms with Crippen molar-refractivity contribution in [1.29, 1.82) is 0 Å². The minimum Gasteiger partial charge on any atom is -0.458 e. The molecule has 0 heterocycles. The first kappa shape index (κ1) is 28.0. The van der Waals surface area contributed by atoms with Crippen LogP contribution in [0, 0.1) is 34.5 Å². The Hall–Kier alpha value is -1.99. The highest BCUT2D eigenvalue weighted by molar-refractivity contribution is 6.26. The maximum atomic E-state index is 13.9. The quantitative estimate of drug-likeness (QED) is 0.399. The second-order valence-electron chi connectivity index (χ2n) is 12.1.